The summed E-state index contributed by atoms with van der Waals surface area (Å²) in [7, 11) is 1.44. The molecule has 0 heterocycles. The van der Waals surface area contributed by atoms with Gasteiger partial charge in [0.2, 0.25) is 0 Å². The fourth-order valence-electron chi connectivity index (χ4n) is 1.90. The molecule has 0 aromatic rings. The molecule has 1 saturated carbocycles. The third kappa shape index (κ3) is 2.73. The molecule has 0 N–H and O–H groups in total. The predicted molar refractivity (Wildman–Crippen MR) is 53.5 cm³/mol. The van der Waals surface area contributed by atoms with Crippen LogP contribution in [0.5, 0.6) is 0 Å². The van der Waals surface area contributed by atoms with Gasteiger partial charge in [0.05, 0.1) is 0 Å². The second-order valence-corrected chi connectivity index (χ2v) is 4.13. The van der Waals surface area contributed by atoms with Crippen molar-refractivity contribution < 1.29 is 0 Å². The Hall–Kier alpha value is -0.195. The first-order valence-electron chi connectivity index (χ1n) is 4.92. The Kier molecular flexibility index (Phi) is 3.23. The maximum atomic E-state index is 2.44. The molecule has 0 aromatic carbocycles. The van der Waals surface area contributed by atoms with Crippen LogP contribution in [-0.4, -0.2) is 7.28 Å². The molecule has 0 aliphatic heterocycles. The number of hydrogen-bond donors (Lipinski definition) is 0. The zero-order chi connectivity index (χ0) is 8.27. The molecule has 0 spiro atoms. The highest BCUT2D eigenvalue weighted by Gasteiger charge is 2.22. The quantitative estimate of drug-likeness (QED) is 0.428. The Morgan fingerprint density at radius 1 is 1.55 bits per heavy atom. The molecule has 0 radical (unpaired) electrons. The van der Waals surface area contributed by atoms with Crippen molar-refractivity contribution in [2.75, 3.05) is 0 Å². The number of hydrogen-bond acceptors (Lipinski definition) is 0. The van der Waals surface area contributed by atoms with Gasteiger partial charge in [-0.25, -0.2) is 0 Å². The summed E-state index contributed by atoms with van der Waals surface area (Å²) in [5.41, 5.74) is 1.71. The molecule has 0 unspecified atom stereocenters. The third-order valence-corrected chi connectivity index (χ3v) is 2.37. The topological polar surface area (TPSA) is 0 Å². The molecule has 1 heteroatoms. The van der Waals surface area contributed by atoms with Crippen LogP contribution in [0.4, 0.5) is 0 Å². The van der Waals surface area contributed by atoms with Gasteiger partial charge in [0, 0.05) is 0 Å². The zero-order valence-corrected chi connectivity index (χ0v) is 8.06. The van der Waals surface area contributed by atoms with E-state index in [9.17, 15) is 0 Å². The molecule has 0 amide bonds. The second-order valence-electron chi connectivity index (χ2n) is 4.13. The first-order chi connectivity index (χ1) is 5.22. The Morgan fingerprint density at radius 2 is 2.18 bits per heavy atom. The van der Waals surface area contributed by atoms with Gasteiger partial charge in [-0.15, -0.1) is 0 Å². The van der Waals surface area contributed by atoms with Crippen molar-refractivity contribution in [2.45, 2.75) is 45.8 Å². The Morgan fingerprint density at radius 3 is 2.64 bits per heavy atom. The molecule has 0 nitrogen and oxygen atoms in total. The van der Waals surface area contributed by atoms with Crippen LogP contribution in [0.3, 0.4) is 0 Å². The predicted octanol–water partition coefficient (Wildman–Crippen LogP) is 3.03. The minimum atomic E-state index is 0.757. The van der Waals surface area contributed by atoms with Gasteiger partial charge >= 0.3 is 0 Å². The van der Waals surface area contributed by atoms with E-state index in [1.807, 2.05) is 0 Å². The van der Waals surface area contributed by atoms with Crippen molar-refractivity contribution in [3.8, 4) is 0 Å². The summed E-state index contributed by atoms with van der Waals surface area (Å²) >= 11 is 0. The summed E-state index contributed by atoms with van der Waals surface area (Å²) in [6, 6.07) is 0. The van der Waals surface area contributed by atoms with E-state index in [1.54, 1.807) is 5.57 Å². The van der Waals surface area contributed by atoms with Crippen LogP contribution in [0.15, 0.2) is 11.6 Å². The van der Waals surface area contributed by atoms with Crippen molar-refractivity contribution in [3.63, 3.8) is 0 Å². The van der Waals surface area contributed by atoms with Crippen molar-refractivity contribution in [2.24, 2.45) is 5.92 Å². The highest BCUT2D eigenvalue weighted by atomic mass is 14.2. The van der Waals surface area contributed by atoms with Gasteiger partial charge in [-0.2, -0.15) is 0 Å². The number of rotatable bonds is 3. The van der Waals surface area contributed by atoms with Crippen LogP contribution >= 0.6 is 0 Å². The minimum Gasteiger partial charge on any atom is -0.0828 e. The van der Waals surface area contributed by atoms with Gasteiger partial charge in [-0.05, 0) is 18.8 Å². The van der Waals surface area contributed by atoms with E-state index >= 15 is 0 Å². The lowest BCUT2D eigenvalue weighted by molar-refractivity contribution is 0.633. The fourth-order valence-corrected chi connectivity index (χ4v) is 1.90. The monoisotopic (exact) mass is 150 g/mol. The zero-order valence-electron chi connectivity index (χ0n) is 8.06. The second kappa shape index (κ2) is 3.99. The van der Waals surface area contributed by atoms with Crippen molar-refractivity contribution >= 4 is 7.28 Å². The molecule has 0 atom stereocenters. The van der Waals surface area contributed by atoms with Crippen LogP contribution in [0, 0.1) is 5.92 Å². The number of allylic oxidation sites excluding steroid dienone is 2. The molecule has 62 valence electrons. The van der Waals surface area contributed by atoms with Crippen LogP contribution in [0.2, 0.25) is 12.1 Å². The van der Waals surface area contributed by atoms with Crippen LogP contribution < -0.4 is 0 Å². The molecular weight excluding hydrogens is 131 g/mol. The average molecular weight is 150 g/mol. The fraction of sp³-hybridized carbons (Fsp3) is 0.800. The smallest absolute Gasteiger partial charge is 0.0828 e. The Balaban J connectivity index is 2.18. The molecular formula is C10H19B. The Labute approximate surface area is 71.3 Å². The van der Waals surface area contributed by atoms with E-state index in [-0.39, 0.29) is 0 Å². The molecule has 1 rings (SSSR count). The maximum Gasteiger partial charge on any atom is 0.124 e. The summed E-state index contributed by atoms with van der Waals surface area (Å²) < 4.78 is 0. The highest BCUT2D eigenvalue weighted by molar-refractivity contribution is 6.38. The van der Waals surface area contributed by atoms with Crippen molar-refractivity contribution in [3.05, 3.63) is 11.6 Å². The average Bonchev–Trinajstić information content (AvgIpc) is 1.82. The van der Waals surface area contributed by atoms with E-state index in [0.29, 0.717) is 0 Å². The van der Waals surface area contributed by atoms with E-state index in [1.165, 1.54) is 26.4 Å². The van der Waals surface area contributed by atoms with Gasteiger partial charge in [-0.3, -0.25) is 0 Å². The van der Waals surface area contributed by atoms with Gasteiger partial charge in [0.25, 0.3) is 0 Å². The van der Waals surface area contributed by atoms with Gasteiger partial charge < -0.3 is 0 Å². The minimum absolute atomic E-state index is 0.757. The summed E-state index contributed by atoms with van der Waals surface area (Å²) in [5, 5.41) is 0. The molecule has 1 fully saturated rings. The maximum absolute atomic E-state index is 2.44. The van der Waals surface area contributed by atoms with Gasteiger partial charge in [-0.1, -0.05) is 44.6 Å². The van der Waals surface area contributed by atoms with Gasteiger partial charge in [0.1, 0.15) is 7.28 Å². The summed E-state index contributed by atoms with van der Waals surface area (Å²) in [6.45, 7) is 6.81. The summed E-state index contributed by atoms with van der Waals surface area (Å²) in [6.07, 6.45) is 6.59. The van der Waals surface area contributed by atoms with Crippen LogP contribution in [0.1, 0.15) is 33.6 Å². The SMILES string of the molecule is CCBC1CC(=CC(C)C)C1. The van der Waals surface area contributed by atoms with Crippen molar-refractivity contribution in [1.29, 1.82) is 0 Å². The molecule has 0 saturated heterocycles. The lowest BCUT2D eigenvalue weighted by Crippen LogP contribution is -2.15. The van der Waals surface area contributed by atoms with E-state index in [4.69, 9.17) is 0 Å². The standard InChI is InChI=1S/C10H19B/c1-4-11-10-6-9(7-10)5-8(2)3/h5,8,10-11H,4,6-7H2,1-3H3. The lowest BCUT2D eigenvalue weighted by Gasteiger charge is -2.29. The normalized spacial score (nSPS) is 23.3. The summed E-state index contributed by atoms with van der Waals surface area (Å²) in [5.74, 6) is 1.79. The van der Waals surface area contributed by atoms with E-state index in [2.05, 4.69) is 26.8 Å². The van der Waals surface area contributed by atoms with Gasteiger partial charge in [0.15, 0.2) is 0 Å². The van der Waals surface area contributed by atoms with E-state index < -0.39 is 0 Å². The first-order valence-corrected chi connectivity index (χ1v) is 4.92. The van der Waals surface area contributed by atoms with Crippen LogP contribution in [-0.2, 0) is 0 Å². The van der Waals surface area contributed by atoms with Crippen LogP contribution in [0.25, 0.3) is 0 Å². The van der Waals surface area contributed by atoms with Crippen molar-refractivity contribution in [1.82, 2.24) is 0 Å². The lowest BCUT2D eigenvalue weighted by atomic mass is 9.52. The molecule has 11 heavy (non-hydrogen) atoms. The summed E-state index contributed by atoms with van der Waals surface area (Å²) in [4.78, 5) is 0. The molecule has 0 aromatic heterocycles. The Bertz CT molecular complexity index is 139. The molecule has 1 aliphatic carbocycles. The largest absolute Gasteiger partial charge is 0.124 e. The first kappa shape index (κ1) is 8.90. The third-order valence-electron chi connectivity index (χ3n) is 2.37. The molecule has 1 aliphatic rings. The highest BCUT2D eigenvalue weighted by Crippen LogP contribution is 2.38. The molecule has 0 bridgehead atoms. The van der Waals surface area contributed by atoms with E-state index in [0.717, 1.165) is 11.7 Å².